The second-order valence-electron chi connectivity index (χ2n) is 10.4. The Labute approximate surface area is 185 Å². The minimum atomic E-state index is -0.652. The van der Waals surface area contributed by atoms with Crippen molar-refractivity contribution in [2.45, 2.75) is 97.6 Å². The quantitative estimate of drug-likeness (QED) is 0.619. The lowest BCUT2D eigenvalue weighted by Gasteiger charge is -2.45. The largest absolute Gasteiger partial charge is 0.462 e. The summed E-state index contributed by atoms with van der Waals surface area (Å²) in [5.74, 6) is -0.463. The van der Waals surface area contributed by atoms with Crippen LogP contribution in [0.25, 0.3) is 0 Å². The molecule has 1 fully saturated rings. The van der Waals surface area contributed by atoms with Gasteiger partial charge in [-0.2, -0.15) is 0 Å². The smallest absolute Gasteiger partial charge is 0.311 e. The van der Waals surface area contributed by atoms with E-state index in [0.29, 0.717) is 25.7 Å². The van der Waals surface area contributed by atoms with Crippen molar-refractivity contribution in [2.75, 3.05) is 0 Å². The van der Waals surface area contributed by atoms with Gasteiger partial charge in [-0.05, 0) is 57.4 Å². The normalized spacial score (nSPS) is 36.1. The number of aliphatic hydroxyl groups excluding tert-OH is 2. The van der Waals surface area contributed by atoms with Gasteiger partial charge >= 0.3 is 11.9 Å². The molecule has 0 spiro atoms. The van der Waals surface area contributed by atoms with Gasteiger partial charge in [-0.1, -0.05) is 31.6 Å². The van der Waals surface area contributed by atoms with Gasteiger partial charge in [0, 0.05) is 18.8 Å². The summed E-state index contributed by atoms with van der Waals surface area (Å²) in [7, 11) is 0. The maximum Gasteiger partial charge on any atom is 0.311 e. The van der Waals surface area contributed by atoms with Crippen molar-refractivity contribution in [1.29, 1.82) is 0 Å². The van der Waals surface area contributed by atoms with Crippen molar-refractivity contribution in [3.8, 4) is 0 Å². The highest BCUT2D eigenvalue weighted by molar-refractivity contribution is 5.76. The Hall–Kier alpha value is -1.66. The van der Waals surface area contributed by atoms with E-state index < -0.39 is 17.6 Å². The van der Waals surface area contributed by atoms with Crippen LogP contribution in [-0.4, -0.2) is 46.6 Å². The average molecular weight is 435 g/mol. The van der Waals surface area contributed by atoms with Crippen LogP contribution in [0.2, 0.25) is 0 Å². The van der Waals surface area contributed by atoms with Crippen LogP contribution in [0.1, 0.15) is 73.1 Å². The van der Waals surface area contributed by atoms with E-state index in [2.05, 4.69) is 6.08 Å². The van der Waals surface area contributed by atoms with E-state index in [4.69, 9.17) is 9.47 Å². The van der Waals surface area contributed by atoms with Gasteiger partial charge in [0.1, 0.15) is 12.2 Å². The van der Waals surface area contributed by atoms with Crippen molar-refractivity contribution in [3.63, 3.8) is 0 Å². The van der Waals surface area contributed by atoms with E-state index in [1.165, 1.54) is 0 Å². The predicted molar refractivity (Wildman–Crippen MR) is 117 cm³/mol. The third-order valence-electron chi connectivity index (χ3n) is 7.51. The zero-order valence-electron chi connectivity index (χ0n) is 19.5. The number of cyclic esters (lactones) is 1. The summed E-state index contributed by atoms with van der Waals surface area (Å²) >= 11 is 0. The van der Waals surface area contributed by atoms with E-state index >= 15 is 0 Å². The Morgan fingerprint density at radius 2 is 1.97 bits per heavy atom. The van der Waals surface area contributed by atoms with Crippen molar-refractivity contribution in [1.82, 2.24) is 0 Å². The topological polar surface area (TPSA) is 93.1 Å². The monoisotopic (exact) mass is 434 g/mol. The van der Waals surface area contributed by atoms with Crippen LogP contribution in [-0.2, 0) is 19.1 Å². The van der Waals surface area contributed by atoms with Gasteiger partial charge in [-0.25, -0.2) is 0 Å². The van der Waals surface area contributed by atoms with Crippen molar-refractivity contribution in [3.05, 3.63) is 23.3 Å². The summed E-state index contributed by atoms with van der Waals surface area (Å²) in [5.41, 5.74) is 1.63. The minimum Gasteiger partial charge on any atom is -0.462 e. The van der Waals surface area contributed by atoms with Gasteiger partial charge in [0.15, 0.2) is 0 Å². The van der Waals surface area contributed by atoms with E-state index in [0.717, 1.165) is 17.6 Å². The number of rotatable bonds is 6. The molecule has 0 amide bonds. The second kappa shape index (κ2) is 9.45. The number of hydrogen-bond donors (Lipinski definition) is 2. The van der Waals surface area contributed by atoms with Crippen LogP contribution in [0.3, 0.4) is 0 Å². The minimum absolute atomic E-state index is 0.00271. The number of carbonyl (C=O) groups excluding carboxylic acids is 2. The lowest BCUT2D eigenvalue weighted by molar-refractivity contribution is -0.165. The molecular weight excluding hydrogens is 396 g/mol. The molecule has 0 saturated carbocycles. The highest BCUT2D eigenvalue weighted by atomic mass is 16.6. The number of ether oxygens (including phenoxy) is 2. The van der Waals surface area contributed by atoms with Crippen molar-refractivity contribution in [2.24, 2.45) is 23.2 Å². The molecule has 3 aliphatic rings. The molecule has 6 nitrogen and oxygen atoms in total. The number of allylic oxidation sites excluding steroid dienone is 1. The van der Waals surface area contributed by atoms with Gasteiger partial charge in [-0.15, -0.1) is 0 Å². The molecule has 1 heterocycles. The van der Waals surface area contributed by atoms with Gasteiger partial charge in [-0.3, -0.25) is 9.59 Å². The third-order valence-corrected chi connectivity index (χ3v) is 7.51. The van der Waals surface area contributed by atoms with Crippen LogP contribution in [0.4, 0.5) is 0 Å². The van der Waals surface area contributed by atoms with Crippen LogP contribution in [0.15, 0.2) is 23.3 Å². The summed E-state index contributed by atoms with van der Waals surface area (Å²) in [6, 6.07) is 0. The fourth-order valence-electron chi connectivity index (χ4n) is 5.13. The molecule has 1 saturated heterocycles. The molecule has 0 unspecified atom stereocenters. The van der Waals surface area contributed by atoms with E-state index in [1.54, 1.807) is 0 Å². The maximum atomic E-state index is 12.9. The number of hydrogen-bond acceptors (Lipinski definition) is 6. The Morgan fingerprint density at radius 1 is 1.26 bits per heavy atom. The van der Waals surface area contributed by atoms with E-state index in [1.807, 2.05) is 40.7 Å². The molecule has 3 rings (SSSR count). The van der Waals surface area contributed by atoms with Crippen molar-refractivity contribution < 1.29 is 29.3 Å². The molecule has 174 valence electrons. The maximum absolute atomic E-state index is 12.9. The summed E-state index contributed by atoms with van der Waals surface area (Å²) in [6.07, 6.45) is 5.47. The Bertz CT molecular complexity index is 751. The molecule has 0 aromatic rings. The number of esters is 2. The fourth-order valence-corrected chi connectivity index (χ4v) is 5.13. The fraction of sp³-hybridized carbons (Fsp3) is 0.760. The number of fused-ring (bicyclic) bond motifs is 1. The molecule has 0 aromatic carbocycles. The lowest BCUT2D eigenvalue weighted by atomic mass is 9.64. The number of aliphatic hydroxyl groups is 2. The molecule has 0 bridgehead atoms. The molecule has 2 N–H and O–H groups in total. The zero-order valence-corrected chi connectivity index (χ0v) is 19.5. The first-order chi connectivity index (χ1) is 14.5. The lowest BCUT2D eigenvalue weighted by Crippen LogP contribution is -2.45. The molecule has 2 aliphatic carbocycles. The van der Waals surface area contributed by atoms with Gasteiger partial charge in [0.25, 0.3) is 0 Å². The molecule has 0 aromatic heterocycles. The van der Waals surface area contributed by atoms with Crippen LogP contribution >= 0.6 is 0 Å². The average Bonchev–Trinajstić information content (AvgIpc) is 2.67. The van der Waals surface area contributed by atoms with Gasteiger partial charge < -0.3 is 19.7 Å². The second-order valence-corrected chi connectivity index (χ2v) is 10.4. The van der Waals surface area contributed by atoms with Crippen LogP contribution in [0.5, 0.6) is 0 Å². The van der Waals surface area contributed by atoms with Gasteiger partial charge in [0.05, 0.1) is 24.0 Å². The summed E-state index contributed by atoms with van der Waals surface area (Å²) in [6.45, 7) is 9.87. The van der Waals surface area contributed by atoms with Crippen LogP contribution < -0.4 is 0 Å². The van der Waals surface area contributed by atoms with E-state index in [-0.39, 0.29) is 48.3 Å². The Morgan fingerprint density at radius 3 is 2.61 bits per heavy atom. The molecule has 31 heavy (non-hydrogen) atoms. The Kier molecular flexibility index (Phi) is 7.32. The highest BCUT2D eigenvalue weighted by Gasteiger charge is 2.45. The molecule has 1 aliphatic heterocycles. The molecule has 7 atom stereocenters. The van der Waals surface area contributed by atoms with Crippen LogP contribution in [0, 0.1) is 23.2 Å². The number of carbonyl (C=O) groups is 2. The predicted octanol–water partition coefficient (Wildman–Crippen LogP) is 3.70. The van der Waals surface area contributed by atoms with Crippen molar-refractivity contribution >= 4 is 11.9 Å². The first kappa shape index (κ1) is 24.0. The molecular formula is C25H38O6. The summed E-state index contributed by atoms with van der Waals surface area (Å²) in [4.78, 5) is 24.6. The molecule has 6 heteroatoms. The van der Waals surface area contributed by atoms with E-state index in [9.17, 15) is 19.8 Å². The molecule has 0 radical (unpaired) electrons. The SMILES string of the molecule is CCC(C)(C)C(=O)O[C@@H]1CC(C)=CC2=C[C@H](O)[C@@H](C)[C@@H](CC[C@H]3C[C@H](O)CC(=O)O3)[C@@H]21. The summed E-state index contributed by atoms with van der Waals surface area (Å²) in [5, 5.41) is 20.6. The highest BCUT2D eigenvalue weighted by Crippen LogP contribution is 2.46. The zero-order chi connectivity index (χ0) is 22.9. The van der Waals surface area contributed by atoms with Gasteiger partial charge in [0.2, 0.25) is 0 Å². The first-order valence-electron chi connectivity index (χ1n) is 11.7. The third kappa shape index (κ3) is 5.40. The standard InChI is InChI=1S/C25H38O6/c1-6-25(4,5)24(29)31-21-10-14(2)9-16-11-20(27)15(3)19(23(16)21)8-7-18-12-17(26)13-22(28)30-18/h9,11,15,17-21,23,26-27H,6-8,10,12-13H2,1-5H3/t15-,17-,18-,19+,20-,21+,23+/m0/s1. The Balaban J connectivity index is 1.81. The first-order valence-corrected chi connectivity index (χ1v) is 11.7. The summed E-state index contributed by atoms with van der Waals surface area (Å²) < 4.78 is 11.5.